The third-order valence-electron chi connectivity index (χ3n) is 4.31. The minimum atomic E-state index is 0.170. The van der Waals surface area contributed by atoms with Crippen LogP contribution in [0.4, 0.5) is 0 Å². The van der Waals surface area contributed by atoms with E-state index in [0.717, 1.165) is 31.1 Å². The van der Waals surface area contributed by atoms with Gasteiger partial charge in [-0.2, -0.15) is 0 Å². The Bertz CT molecular complexity index is 366. The summed E-state index contributed by atoms with van der Waals surface area (Å²) in [5, 5.41) is 0. The van der Waals surface area contributed by atoms with E-state index in [4.69, 9.17) is 5.73 Å². The van der Waals surface area contributed by atoms with Crippen LogP contribution in [0.15, 0.2) is 24.4 Å². The minimum absolute atomic E-state index is 0.170. The van der Waals surface area contributed by atoms with Crippen LogP contribution in [0.25, 0.3) is 0 Å². The summed E-state index contributed by atoms with van der Waals surface area (Å²) in [5.41, 5.74) is 7.52. The molecule has 0 radical (unpaired) electrons. The first kappa shape index (κ1) is 14.5. The van der Waals surface area contributed by atoms with E-state index in [2.05, 4.69) is 35.9 Å². The minimum Gasteiger partial charge on any atom is -0.326 e. The van der Waals surface area contributed by atoms with E-state index in [9.17, 15) is 0 Å². The van der Waals surface area contributed by atoms with Gasteiger partial charge in [0.1, 0.15) is 0 Å². The van der Waals surface area contributed by atoms with Gasteiger partial charge in [0.05, 0.1) is 11.7 Å². The average molecular weight is 261 g/mol. The van der Waals surface area contributed by atoms with Crippen LogP contribution in [0.3, 0.4) is 0 Å². The normalized spacial score (nSPS) is 24.7. The first-order chi connectivity index (χ1) is 9.22. The van der Waals surface area contributed by atoms with Crippen molar-refractivity contribution in [2.75, 3.05) is 13.1 Å². The number of nitrogens with zero attached hydrogens (tertiary/aromatic N) is 2. The van der Waals surface area contributed by atoms with Crippen LogP contribution in [0.1, 0.15) is 51.3 Å². The van der Waals surface area contributed by atoms with Gasteiger partial charge in [-0.05, 0) is 56.8 Å². The number of rotatable bonds is 4. The Morgan fingerprint density at radius 2 is 2.21 bits per heavy atom. The molecule has 3 nitrogen and oxygen atoms in total. The van der Waals surface area contributed by atoms with E-state index in [1.807, 2.05) is 12.3 Å². The van der Waals surface area contributed by atoms with Gasteiger partial charge in [0, 0.05) is 12.2 Å². The van der Waals surface area contributed by atoms with Crippen molar-refractivity contribution in [1.82, 2.24) is 9.88 Å². The van der Waals surface area contributed by atoms with Crippen LogP contribution in [-0.4, -0.2) is 29.0 Å². The molecule has 0 bridgehead atoms. The molecule has 1 aromatic rings. The number of nitrogens with two attached hydrogens (primary N) is 1. The lowest BCUT2D eigenvalue weighted by atomic mass is 10.00. The molecule has 1 aliphatic heterocycles. The van der Waals surface area contributed by atoms with Crippen LogP contribution in [0.5, 0.6) is 0 Å². The van der Waals surface area contributed by atoms with Crippen molar-refractivity contribution in [3.63, 3.8) is 0 Å². The smallest absolute Gasteiger partial charge is 0.0673 e. The van der Waals surface area contributed by atoms with Gasteiger partial charge < -0.3 is 5.73 Å². The Hall–Kier alpha value is -0.930. The molecule has 0 spiro atoms. The molecule has 1 fully saturated rings. The standard InChI is InChI=1S/C16H27N3/c1-3-14(17)16(15-8-4-5-10-18-15)19-11-6-7-13(2)9-12-19/h4-5,8,10,13-14,16H,3,6-7,9,11-12,17H2,1-2H3. The van der Waals surface area contributed by atoms with E-state index < -0.39 is 0 Å². The molecule has 0 aliphatic carbocycles. The second kappa shape index (κ2) is 7.01. The maximum atomic E-state index is 6.38. The monoisotopic (exact) mass is 261 g/mol. The van der Waals surface area contributed by atoms with Gasteiger partial charge in [0.25, 0.3) is 0 Å². The molecule has 0 amide bonds. The SMILES string of the molecule is CCC(N)C(c1ccccn1)N1CCCC(C)CC1. The first-order valence-corrected chi connectivity index (χ1v) is 7.63. The van der Waals surface area contributed by atoms with Gasteiger partial charge in [-0.1, -0.05) is 19.9 Å². The molecule has 3 heteroatoms. The fourth-order valence-corrected chi connectivity index (χ4v) is 3.01. The summed E-state index contributed by atoms with van der Waals surface area (Å²) in [7, 11) is 0. The lowest BCUT2D eigenvalue weighted by molar-refractivity contribution is 0.170. The van der Waals surface area contributed by atoms with E-state index in [1.54, 1.807) is 0 Å². The van der Waals surface area contributed by atoms with Crippen LogP contribution in [0.2, 0.25) is 0 Å². The summed E-state index contributed by atoms with van der Waals surface area (Å²) in [4.78, 5) is 7.11. The highest BCUT2D eigenvalue weighted by molar-refractivity contribution is 5.11. The molecule has 2 heterocycles. The number of aromatic nitrogens is 1. The summed E-state index contributed by atoms with van der Waals surface area (Å²) in [5.74, 6) is 0.840. The fraction of sp³-hybridized carbons (Fsp3) is 0.688. The predicted molar refractivity (Wildman–Crippen MR) is 79.8 cm³/mol. The van der Waals surface area contributed by atoms with Crippen LogP contribution in [0, 0.1) is 5.92 Å². The lowest BCUT2D eigenvalue weighted by Gasteiger charge is -2.34. The molecule has 2 rings (SSSR count). The van der Waals surface area contributed by atoms with Crippen molar-refractivity contribution < 1.29 is 0 Å². The summed E-state index contributed by atoms with van der Waals surface area (Å²) in [6, 6.07) is 6.61. The largest absolute Gasteiger partial charge is 0.326 e. The topological polar surface area (TPSA) is 42.1 Å². The zero-order valence-electron chi connectivity index (χ0n) is 12.3. The van der Waals surface area contributed by atoms with E-state index in [-0.39, 0.29) is 12.1 Å². The third-order valence-corrected chi connectivity index (χ3v) is 4.31. The summed E-state index contributed by atoms with van der Waals surface area (Å²) < 4.78 is 0. The van der Waals surface area contributed by atoms with Crippen molar-refractivity contribution in [2.24, 2.45) is 11.7 Å². The number of pyridine rings is 1. The molecule has 1 aromatic heterocycles. The summed E-state index contributed by atoms with van der Waals surface area (Å²) >= 11 is 0. The van der Waals surface area contributed by atoms with Gasteiger partial charge in [-0.25, -0.2) is 0 Å². The quantitative estimate of drug-likeness (QED) is 0.906. The van der Waals surface area contributed by atoms with Gasteiger partial charge >= 0.3 is 0 Å². The number of hydrogen-bond donors (Lipinski definition) is 1. The van der Waals surface area contributed by atoms with Gasteiger partial charge in [-0.15, -0.1) is 0 Å². The predicted octanol–water partition coefficient (Wildman–Crippen LogP) is 2.98. The molecule has 0 saturated carbocycles. The van der Waals surface area contributed by atoms with E-state index in [1.165, 1.54) is 19.3 Å². The highest BCUT2D eigenvalue weighted by Gasteiger charge is 2.28. The molecule has 3 unspecified atom stereocenters. The molecular weight excluding hydrogens is 234 g/mol. The average Bonchev–Trinajstić information content (AvgIpc) is 2.65. The van der Waals surface area contributed by atoms with Crippen molar-refractivity contribution >= 4 is 0 Å². The maximum absolute atomic E-state index is 6.38. The third kappa shape index (κ3) is 3.77. The van der Waals surface area contributed by atoms with E-state index >= 15 is 0 Å². The Kier molecular flexibility index (Phi) is 5.34. The summed E-state index contributed by atoms with van der Waals surface area (Å²) in [6.07, 6.45) is 6.77. The van der Waals surface area contributed by atoms with Crippen molar-refractivity contribution in [3.8, 4) is 0 Å². The van der Waals surface area contributed by atoms with Gasteiger partial charge in [0.2, 0.25) is 0 Å². The van der Waals surface area contributed by atoms with Crippen LogP contribution >= 0.6 is 0 Å². The summed E-state index contributed by atoms with van der Waals surface area (Å²) in [6.45, 7) is 6.83. The molecule has 106 valence electrons. The molecular formula is C16H27N3. The second-order valence-corrected chi connectivity index (χ2v) is 5.84. The van der Waals surface area contributed by atoms with E-state index in [0.29, 0.717) is 0 Å². The zero-order chi connectivity index (χ0) is 13.7. The highest BCUT2D eigenvalue weighted by Crippen LogP contribution is 2.27. The van der Waals surface area contributed by atoms with Crippen molar-refractivity contribution in [1.29, 1.82) is 0 Å². The molecule has 2 N–H and O–H groups in total. The van der Waals surface area contributed by atoms with Gasteiger partial charge in [0.15, 0.2) is 0 Å². The van der Waals surface area contributed by atoms with Crippen LogP contribution < -0.4 is 5.73 Å². The Labute approximate surface area is 117 Å². The Balaban J connectivity index is 2.18. The highest BCUT2D eigenvalue weighted by atomic mass is 15.2. The van der Waals surface area contributed by atoms with Crippen molar-refractivity contribution in [3.05, 3.63) is 30.1 Å². The Morgan fingerprint density at radius 1 is 1.37 bits per heavy atom. The molecule has 1 aliphatic rings. The molecule has 0 aromatic carbocycles. The fourth-order valence-electron chi connectivity index (χ4n) is 3.01. The van der Waals surface area contributed by atoms with Gasteiger partial charge in [-0.3, -0.25) is 9.88 Å². The second-order valence-electron chi connectivity index (χ2n) is 5.84. The first-order valence-electron chi connectivity index (χ1n) is 7.63. The number of hydrogen-bond acceptors (Lipinski definition) is 3. The molecule has 1 saturated heterocycles. The van der Waals surface area contributed by atoms with Crippen LogP contribution in [-0.2, 0) is 0 Å². The van der Waals surface area contributed by atoms with Crippen molar-refractivity contribution in [2.45, 2.75) is 51.6 Å². The molecule has 19 heavy (non-hydrogen) atoms. The number of likely N-dealkylation sites (tertiary alicyclic amines) is 1. The Morgan fingerprint density at radius 3 is 2.89 bits per heavy atom. The maximum Gasteiger partial charge on any atom is 0.0673 e. The molecule has 3 atom stereocenters. The lowest BCUT2D eigenvalue weighted by Crippen LogP contribution is -2.41. The zero-order valence-corrected chi connectivity index (χ0v) is 12.3.